The first-order valence-corrected chi connectivity index (χ1v) is 7.21. The summed E-state index contributed by atoms with van der Waals surface area (Å²) in [6, 6.07) is 17.9. The van der Waals surface area contributed by atoms with Gasteiger partial charge in [0.15, 0.2) is 0 Å². The minimum atomic E-state index is 0.501. The summed E-state index contributed by atoms with van der Waals surface area (Å²) >= 11 is 0. The Hall–Kier alpha value is -2.81. The molecule has 0 aliphatic carbocycles. The van der Waals surface area contributed by atoms with E-state index < -0.39 is 0 Å². The number of pyridine rings is 1. The molecule has 3 nitrogen and oxygen atoms in total. The molecule has 0 bridgehead atoms. The number of ether oxygens (including phenoxy) is 1. The number of nitrogens with two attached hydrogens (primary N) is 1. The van der Waals surface area contributed by atoms with Crippen LogP contribution in [0.5, 0.6) is 5.75 Å². The average Bonchev–Trinajstić information content (AvgIpc) is 2.56. The fourth-order valence-corrected chi connectivity index (χ4v) is 2.33. The third-order valence-electron chi connectivity index (χ3n) is 3.60. The Morgan fingerprint density at radius 2 is 1.86 bits per heavy atom. The summed E-state index contributed by atoms with van der Waals surface area (Å²) in [4.78, 5) is 4.20. The molecule has 0 spiro atoms. The van der Waals surface area contributed by atoms with Gasteiger partial charge in [-0.15, -0.1) is 0 Å². The van der Waals surface area contributed by atoms with Crippen molar-refractivity contribution in [1.82, 2.24) is 4.98 Å². The van der Waals surface area contributed by atoms with Gasteiger partial charge in [-0.1, -0.05) is 36.4 Å². The lowest BCUT2D eigenvalue weighted by Crippen LogP contribution is -1.99. The number of anilines is 1. The lowest BCUT2D eigenvalue weighted by Gasteiger charge is -2.12. The monoisotopic (exact) mass is 290 g/mol. The molecule has 2 aromatic carbocycles. The van der Waals surface area contributed by atoms with Crippen molar-refractivity contribution in [1.29, 1.82) is 0 Å². The predicted octanol–water partition coefficient (Wildman–Crippen LogP) is 4.22. The molecule has 0 aliphatic rings. The Labute approximate surface area is 130 Å². The predicted molar refractivity (Wildman–Crippen MR) is 89.6 cm³/mol. The molecule has 1 heterocycles. The molecule has 0 radical (unpaired) electrons. The Morgan fingerprint density at radius 1 is 1.05 bits per heavy atom. The van der Waals surface area contributed by atoms with E-state index in [9.17, 15) is 0 Å². The van der Waals surface area contributed by atoms with E-state index in [4.69, 9.17) is 10.5 Å². The van der Waals surface area contributed by atoms with Gasteiger partial charge in [0.05, 0.1) is 5.69 Å². The van der Waals surface area contributed by atoms with Gasteiger partial charge in [0, 0.05) is 18.0 Å². The van der Waals surface area contributed by atoms with E-state index in [0.29, 0.717) is 18.0 Å². The van der Waals surface area contributed by atoms with Crippen LogP contribution in [-0.4, -0.2) is 4.98 Å². The van der Waals surface area contributed by atoms with Gasteiger partial charge in [0.1, 0.15) is 12.4 Å². The van der Waals surface area contributed by atoms with Gasteiger partial charge in [-0.05, 0) is 41.8 Å². The highest BCUT2D eigenvalue weighted by Crippen LogP contribution is 2.30. The van der Waals surface area contributed by atoms with E-state index in [2.05, 4.69) is 11.9 Å². The normalized spacial score (nSPS) is 10.4. The first-order valence-electron chi connectivity index (χ1n) is 7.21. The van der Waals surface area contributed by atoms with Crippen LogP contribution in [0, 0.1) is 6.92 Å². The molecule has 0 fully saturated rings. The lowest BCUT2D eigenvalue weighted by atomic mass is 10.0. The summed E-state index contributed by atoms with van der Waals surface area (Å²) in [6.07, 6.45) is 3.66. The zero-order chi connectivity index (χ0) is 15.4. The van der Waals surface area contributed by atoms with Crippen molar-refractivity contribution in [3.8, 4) is 16.9 Å². The first kappa shape index (κ1) is 14.1. The van der Waals surface area contributed by atoms with Crippen LogP contribution in [-0.2, 0) is 6.61 Å². The Kier molecular flexibility index (Phi) is 4.05. The van der Waals surface area contributed by atoms with Crippen molar-refractivity contribution in [2.75, 3.05) is 5.73 Å². The molecule has 1 aromatic heterocycles. The molecule has 3 rings (SSSR count). The third-order valence-corrected chi connectivity index (χ3v) is 3.60. The van der Waals surface area contributed by atoms with E-state index in [1.807, 2.05) is 60.8 Å². The van der Waals surface area contributed by atoms with Crippen molar-refractivity contribution in [2.45, 2.75) is 13.5 Å². The quantitative estimate of drug-likeness (QED) is 0.732. The maximum atomic E-state index is 6.03. The minimum Gasteiger partial charge on any atom is -0.487 e. The van der Waals surface area contributed by atoms with E-state index in [1.165, 1.54) is 5.56 Å². The number of nitrogens with zero attached hydrogens (tertiary/aromatic N) is 1. The minimum absolute atomic E-state index is 0.501. The number of rotatable bonds is 4. The second-order valence-corrected chi connectivity index (χ2v) is 5.22. The van der Waals surface area contributed by atoms with Gasteiger partial charge in [0.2, 0.25) is 0 Å². The Bertz CT molecular complexity index is 769. The number of aromatic nitrogens is 1. The van der Waals surface area contributed by atoms with Crippen LogP contribution in [0.3, 0.4) is 0 Å². The van der Waals surface area contributed by atoms with Crippen LogP contribution in [0.15, 0.2) is 67.0 Å². The number of hydrogen-bond donors (Lipinski definition) is 1. The molecular weight excluding hydrogens is 272 g/mol. The number of hydrogen-bond acceptors (Lipinski definition) is 3. The van der Waals surface area contributed by atoms with Crippen molar-refractivity contribution in [3.05, 3.63) is 78.1 Å². The van der Waals surface area contributed by atoms with E-state index >= 15 is 0 Å². The van der Waals surface area contributed by atoms with Gasteiger partial charge < -0.3 is 10.5 Å². The molecule has 0 saturated carbocycles. The molecular formula is C19H18N2O. The van der Waals surface area contributed by atoms with Crippen molar-refractivity contribution < 1.29 is 4.74 Å². The zero-order valence-corrected chi connectivity index (χ0v) is 12.5. The molecule has 110 valence electrons. The second-order valence-electron chi connectivity index (χ2n) is 5.22. The van der Waals surface area contributed by atoms with E-state index in [1.54, 1.807) is 6.20 Å². The van der Waals surface area contributed by atoms with Crippen LogP contribution < -0.4 is 10.5 Å². The van der Waals surface area contributed by atoms with Gasteiger partial charge in [-0.25, -0.2) is 0 Å². The smallest absolute Gasteiger partial charge is 0.143 e. The van der Waals surface area contributed by atoms with Gasteiger partial charge in [-0.3, -0.25) is 4.98 Å². The van der Waals surface area contributed by atoms with Crippen LogP contribution in [0.2, 0.25) is 0 Å². The van der Waals surface area contributed by atoms with Crippen molar-refractivity contribution in [2.24, 2.45) is 0 Å². The lowest BCUT2D eigenvalue weighted by molar-refractivity contribution is 0.308. The fraction of sp³-hybridized carbons (Fsp3) is 0.105. The standard InChI is InChI=1S/C19H18N2O/c1-14-9-10-21-12-17(14)16-7-8-18(20)19(11-16)22-13-15-5-3-2-4-6-15/h2-12H,13,20H2,1H3. The van der Waals surface area contributed by atoms with Crippen LogP contribution in [0.25, 0.3) is 11.1 Å². The SMILES string of the molecule is Cc1ccncc1-c1ccc(N)c(OCc2ccccc2)c1. The van der Waals surface area contributed by atoms with Crippen LogP contribution in [0.1, 0.15) is 11.1 Å². The molecule has 3 heteroatoms. The maximum Gasteiger partial charge on any atom is 0.143 e. The van der Waals surface area contributed by atoms with Crippen LogP contribution >= 0.6 is 0 Å². The highest BCUT2D eigenvalue weighted by atomic mass is 16.5. The zero-order valence-electron chi connectivity index (χ0n) is 12.5. The summed E-state index contributed by atoms with van der Waals surface area (Å²) in [5, 5.41) is 0. The largest absolute Gasteiger partial charge is 0.487 e. The van der Waals surface area contributed by atoms with Gasteiger partial charge >= 0.3 is 0 Å². The third kappa shape index (κ3) is 3.09. The highest BCUT2D eigenvalue weighted by Gasteiger charge is 2.07. The van der Waals surface area contributed by atoms with Crippen molar-refractivity contribution >= 4 is 5.69 Å². The van der Waals surface area contributed by atoms with E-state index in [0.717, 1.165) is 16.7 Å². The number of benzene rings is 2. The molecule has 0 aliphatic heterocycles. The van der Waals surface area contributed by atoms with Gasteiger partial charge in [-0.2, -0.15) is 0 Å². The maximum absolute atomic E-state index is 6.03. The second kappa shape index (κ2) is 6.31. The molecule has 3 aromatic rings. The first-order chi connectivity index (χ1) is 10.7. The molecule has 0 amide bonds. The number of nitrogen functional groups attached to an aromatic ring is 1. The number of aryl methyl sites for hydroxylation is 1. The molecule has 2 N–H and O–H groups in total. The molecule has 0 atom stereocenters. The summed E-state index contributed by atoms with van der Waals surface area (Å²) in [5.41, 5.74) is 11.1. The topological polar surface area (TPSA) is 48.1 Å². The van der Waals surface area contributed by atoms with Gasteiger partial charge in [0.25, 0.3) is 0 Å². The van der Waals surface area contributed by atoms with E-state index in [-0.39, 0.29) is 0 Å². The molecule has 0 unspecified atom stereocenters. The summed E-state index contributed by atoms with van der Waals surface area (Å²) in [7, 11) is 0. The highest BCUT2D eigenvalue weighted by molar-refractivity contribution is 5.71. The molecule has 22 heavy (non-hydrogen) atoms. The van der Waals surface area contributed by atoms with Crippen molar-refractivity contribution in [3.63, 3.8) is 0 Å². The summed E-state index contributed by atoms with van der Waals surface area (Å²) in [6.45, 7) is 2.57. The Morgan fingerprint density at radius 3 is 2.64 bits per heavy atom. The van der Waals surface area contributed by atoms with Crippen LogP contribution in [0.4, 0.5) is 5.69 Å². The molecule has 0 saturated heterocycles. The summed E-state index contributed by atoms with van der Waals surface area (Å²) in [5.74, 6) is 0.699. The fourth-order valence-electron chi connectivity index (χ4n) is 2.33. The average molecular weight is 290 g/mol. The Balaban J connectivity index is 1.86. The summed E-state index contributed by atoms with van der Waals surface area (Å²) < 4.78 is 5.88.